The first-order valence-electron chi connectivity index (χ1n) is 26.9. The second kappa shape index (κ2) is 49.4. The van der Waals surface area contributed by atoms with Crippen molar-refractivity contribution < 1.29 is 38.2 Å². The number of carboxylic acids is 1. The van der Waals surface area contributed by atoms with Gasteiger partial charge in [-0.25, -0.2) is 4.79 Å². The average Bonchev–Trinajstić information content (AvgIpc) is 3.30. The SMILES string of the molecule is CC/C=C/C/C=C/C/C=C/C/C=C/CCCCCCCCCCCCC(=O)OC(COCCC(C(=O)O)[N+](C)(C)C)COC(=O)CCCC/C=C/C/C=C/C/C=C/C/C=C/C/C=C/CCCCC. The first-order valence-corrected chi connectivity index (χ1v) is 26.9. The minimum atomic E-state index is -0.885. The number of carbonyl (C=O) groups excluding carboxylic acids is 2. The number of ether oxygens (including phenoxy) is 3. The predicted molar refractivity (Wildman–Crippen MR) is 289 cm³/mol. The molecule has 0 heterocycles. The van der Waals surface area contributed by atoms with E-state index in [0.29, 0.717) is 25.7 Å². The summed E-state index contributed by atoms with van der Waals surface area (Å²) < 4.78 is 17.3. The van der Waals surface area contributed by atoms with Crippen LogP contribution in [0.15, 0.2) is 109 Å². The van der Waals surface area contributed by atoms with Gasteiger partial charge < -0.3 is 23.8 Å². The fraction of sp³-hybridized carbons (Fsp3) is 0.650. The zero-order valence-electron chi connectivity index (χ0n) is 44.0. The number of unbranched alkanes of at least 4 members (excludes halogenated alkanes) is 15. The Hall–Kier alpha value is -4.01. The van der Waals surface area contributed by atoms with Gasteiger partial charge in [0.1, 0.15) is 6.61 Å². The third-order valence-corrected chi connectivity index (χ3v) is 11.4. The Morgan fingerprint density at radius 3 is 1.25 bits per heavy atom. The molecule has 0 aromatic rings. The first kappa shape index (κ1) is 64.0. The van der Waals surface area contributed by atoms with Crippen LogP contribution < -0.4 is 0 Å². The van der Waals surface area contributed by atoms with E-state index < -0.39 is 18.1 Å². The van der Waals surface area contributed by atoms with Crippen molar-refractivity contribution in [1.82, 2.24) is 0 Å². The van der Waals surface area contributed by atoms with E-state index in [1.54, 1.807) is 0 Å². The highest BCUT2D eigenvalue weighted by Gasteiger charge is 2.31. The highest BCUT2D eigenvalue weighted by molar-refractivity contribution is 5.72. The molecule has 0 aliphatic rings. The molecule has 8 heteroatoms. The minimum Gasteiger partial charge on any atom is -0.477 e. The van der Waals surface area contributed by atoms with Gasteiger partial charge in [0.25, 0.3) is 0 Å². The van der Waals surface area contributed by atoms with E-state index in [1.165, 1.54) is 70.6 Å². The van der Waals surface area contributed by atoms with Gasteiger partial charge in [0.05, 0.1) is 34.4 Å². The van der Waals surface area contributed by atoms with Crippen molar-refractivity contribution in [1.29, 1.82) is 0 Å². The van der Waals surface area contributed by atoms with Crippen LogP contribution in [0.25, 0.3) is 0 Å². The van der Waals surface area contributed by atoms with E-state index in [0.717, 1.165) is 89.9 Å². The van der Waals surface area contributed by atoms with Crippen molar-refractivity contribution in [3.05, 3.63) is 109 Å². The molecule has 2 atom stereocenters. The number of aliphatic carboxylic acids is 1. The molecule has 0 aliphatic carbocycles. The van der Waals surface area contributed by atoms with Gasteiger partial charge in [-0.05, 0) is 103 Å². The molecule has 0 saturated carbocycles. The maximum absolute atomic E-state index is 12.8. The molecule has 1 N–H and O–H groups in total. The lowest BCUT2D eigenvalue weighted by atomic mass is 10.0. The fourth-order valence-corrected chi connectivity index (χ4v) is 7.28. The topological polar surface area (TPSA) is 99.1 Å². The zero-order chi connectivity index (χ0) is 49.9. The molecule has 0 saturated heterocycles. The van der Waals surface area contributed by atoms with Crippen LogP contribution in [0.5, 0.6) is 0 Å². The molecule has 8 nitrogen and oxygen atoms in total. The van der Waals surface area contributed by atoms with Crippen LogP contribution in [0.3, 0.4) is 0 Å². The summed E-state index contributed by atoms with van der Waals surface area (Å²) in [5, 5.41) is 9.67. The summed E-state index contributed by atoms with van der Waals surface area (Å²) >= 11 is 0. The molecule has 2 unspecified atom stereocenters. The Kier molecular flexibility index (Phi) is 46.5. The van der Waals surface area contributed by atoms with Crippen LogP contribution in [0.1, 0.15) is 200 Å². The van der Waals surface area contributed by atoms with Crippen molar-refractivity contribution in [2.45, 2.75) is 212 Å². The van der Waals surface area contributed by atoms with Gasteiger partial charge in [0, 0.05) is 19.3 Å². The van der Waals surface area contributed by atoms with Crippen molar-refractivity contribution in [3.63, 3.8) is 0 Å². The van der Waals surface area contributed by atoms with Crippen LogP contribution in [-0.4, -0.2) is 80.6 Å². The highest BCUT2D eigenvalue weighted by atomic mass is 16.6. The number of hydrogen-bond donors (Lipinski definition) is 1. The monoisotopic (exact) mass is 947 g/mol. The number of esters is 2. The lowest BCUT2D eigenvalue weighted by Crippen LogP contribution is -2.50. The van der Waals surface area contributed by atoms with Crippen molar-refractivity contribution >= 4 is 17.9 Å². The number of carboxylic acid groups (broad SMARTS) is 1. The Morgan fingerprint density at radius 1 is 0.456 bits per heavy atom. The van der Waals surface area contributed by atoms with Gasteiger partial charge >= 0.3 is 17.9 Å². The van der Waals surface area contributed by atoms with E-state index in [2.05, 4.69) is 123 Å². The number of nitrogens with zero attached hydrogens (tertiary/aromatic N) is 1. The Bertz CT molecular complexity index is 1470. The van der Waals surface area contributed by atoms with Gasteiger partial charge in [-0.15, -0.1) is 0 Å². The van der Waals surface area contributed by atoms with Crippen LogP contribution in [0.4, 0.5) is 0 Å². The Morgan fingerprint density at radius 2 is 0.824 bits per heavy atom. The lowest BCUT2D eigenvalue weighted by molar-refractivity contribution is -0.887. The van der Waals surface area contributed by atoms with E-state index in [-0.39, 0.29) is 36.2 Å². The van der Waals surface area contributed by atoms with Crippen molar-refractivity contribution in [2.75, 3.05) is 41.0 Å². The minimum absolute atomic E-state index is 0.0389. The summed E-state index contributed by atoms with van der Waals surface area (Å²) in [6.07, 6.45) is 68.6. The number of quaternary nitrogens is 1. The van der Waals surface area contributed by atoms with Gasteiger partial charge in [-0.2, -0.15) is 0 Å². The molecule has 0 aromatic heterocycles. The van der Waals surface area contributed by atoms with Gasteiger partial charge in [-0.3, -0.25) is 9.59 Å². The second-order valence-electron chi connectivity index (χ2n) is 18.7. The third kappa shape index (κ3) is 47.1. The third-order valence-electron chi connectivity index (χ3n) is 11.4. The molecular weight excluding hydrogens is 847 g/mol. The normalized spacial score (nSPS) is 13.7. The summed E-state index contributed by atoms with van der Waals surface area (Å²) in [5.74, 6) is -1.54. The van der Waals surface area contributed by atoms with Crippen LogP contribution >= 0.6 is 0 Å². The fourth-order valence-electron chi connectivity index (χ4n) is 7.28. The second-order valence-corrected chi connectivity index (χ2v) is 18.7. The van der Waals surface area contributed by atoms with E-state index in [1.807, 2.05) is 21.1 Å². The van der Waals surface area contributed by atoms with E-state index >= 15 is 0 Å². The molecule has 0 aromatic carbocycles. The molecular formula is C60H100NO7+. The lowest BCUT2D eigenvalue weighted by Gasteiger charge is -2.31. The molecule has 0 spiro atoms. The van der Waals surface area contributed by atoms with Crippen molar-refractivity contribution in [2.24, 2.45) is 0 Å². The number of rotatable bonds is 47. The van der Waals surface area contributed by atoms with Gasteiger partial charge in [-0.1, -0.05) is 187 Å². The maximum atomic E-state index is 12.8. The zero-order valence-corrected chi connectivity index (χ0v) is 44.0. The maximum Gasteiger partial charge on any atom is 0.362 e. The number of hydrogen-bond acceptors (Lipinski definition) is 6. The van der Waals surface area contributed by atoms with E-state index in [4.69, 9.17) is 14.2 Å². The summed E-state index contributed by atoms with van der Waals surface area (Å²) in [6, 6.07) is -0.630. The molecule has 386 valence electrons. The molecule has 0 radical (unpaired) electrons. The summed E-state index contributed by atoms with van der Waals surface area (Å²) in [7, 11) is 5.51. The Labute approximate surface area is 417 Å². The van der Waals surface area contributed by atoms with Crippen LogP contribution in [-0.2, 0) is 28.6 Å². The van der Waals surface area contributed by atoms with Crippen molar-refractivity contribution in [3.8, 4) is 0 Å². The van der Waals surface area contributed by atoms with Crippen LogP contribution in [0, 0.1) is 0 Å². The quantitative estimate of drug-likeness (QED) is 0.0281. The van der Waals surface area contributed by atoms with Gasteiger partial charge in [0.15, 0.2) is 12.1 Å². The summed E-state index contributed by atoms with van der Waals surface area (Å²) in [6.45, 7) is 4.54. The highest BCUT2D eigenvalue weighted by Crippen LogP contribution is 2.14. The molecule has 0 fully saturated rings. The molecule has 0 bridgehead atoms. The number of likely N-dealkylation sites (N-methyl/N-ethyl adjacent to an activating group) is 1. The number of carbonyl (C=O) groups is 3. The summed E-state index contributed by atoms with van der Waals surface area (Å²) in [5.41, 5.74) is 0. The first-order chi connectivity index (χ1) is 33.1. The smallest absolute Gasteiger partial charge is 0.362 e. The van der Waals surface area contributed by atoms with Crippen LogP contribution in [0.2, 0.25) is 0 Å². The predicted octanol–water partition coefficient (Wildman–Crippen LogP) is 16.0. The molecule has 0 amide bonds. The number of allylic oxidation sites excluding steroid dienone is 18. The van der Waals surface area contributed by atoms with Gasteiger partial charge in [0.2, 0.25) is 0 Å². The molecule has 0 rings (SSSR count). The largest absolute Gasteiger partial charge is 0.477 e. The Balaban J connectivity index is 4.33. The average molecular weight is 947 g/mol. The standard InChI is InChI=1S/C60H99NO7/c1-6-8-10-12-14-16-18-20-22-24-26-28-29-31-33-35-37-39-41-43-45-47-49-51-59(63)68-56(54-66-53-52-57(60(64)65)61(3,4)5)55-67-58(62)50-48-46-44-42-40-38-36-34-32-30-27-25-23-21-19-17-15-13-11-9-7-2/h8,10,14-17,20-23,26-28,30,34,36,40,42,56-57H,6-7,9,11-13,18-19,24-25,29,31-33,35,37-39,41,43-55H2,1-5H3/p+1/b10-8+,16-14+,17-15+,22-20+,23-21+,28-26+,30-27+,36-34+,42-40+. The van der Waals surface area contributed by atoms with E-state index in [9.17, 15) is 19.5 Å². The summed E-state index contributed by atoms with van der Waals surface area (Å²) in [4.78, 5) is 37.2. The molecule has 68 heavy (non-hydrogen) atoms. The molecule has 0 aliphatic heterocycles.